The Morgan fingerprint density at radius 1 is 0.844 bits per heavy atom. The third-order valence-corrected chi connectivity index (χ3v) is 6.48. The van der Waals surface area contributed by atoms with Crippen molar-refractivity contribution in [2.75, 3.05) is 16.9 Å². The molecule has 9 heteroatoms. The van der Waals surface area contributed by atoms with Crippen molar-refractivity contribution >= 4 is 56.2 Å². The Morgan fingerprint density at radius 2 is 1.53 bits per heavy atom. The lowest BCUT2D eigenvalue weighted by atomic mass is 10.1. The number of halogens is 2. The summed E-state index contributed by atoms with van der Waals surface area (Å²) in [5.41, 5.74) is 2.28. The number of nitrogens with one attached hydrogen (secondary N) is 2. The van der Waals surface area contributed by atoms with Gasteiger partial charge >= 0.3 is 0 Å². The van der Waals surface area contributed by atoms with Crippen molar-refractivity contribution in [2.24, 2.45) is 0 Å². The first-order valence-corrected chi connectivity index (χ1v) is 12.2. The number of hydrogen-bond donors (Lipinski definition) is 2. The Kier molecular flexibility index (Phi) is 7.23. The van der Waals surface area contributed by atoms with Crippen molar-refractivity contribution in [1.82, 2.24) is 0 Å². The number of benzene rings is 3. The standard InChI is InChI=1S/C23H20Cl2N2O4S/c1-3-14-6-4-5-7-21(14)27-23(29)18-12-15(8-11-19(18)24)26-22(28)17-10-9-16(13-20(17)25)32(2,30)31/h4-13H,3H2,1-2H3,(H,26,28)(H,27,29). The molecule has 3 aromatic rings. The molecule has 0 bridgehead atoms. The molecule has 0 spiro atoms. The molecule has 0 heterocycles. The van der Waals surface area contributed by atoms with Crippen LogP contribution in [0.1, 0.15) is 33.2 Å². The Bertz CT molecular complexity index is 1310. The summed E-state index contributed by atoms with van der Waals surface area (Å²) in [6.45, 7) is 1.99. The highest BCUT2D eigenvalue weighted by molar-refractivity contribution is 7.90. The quantitative estimate of drug-likeness (QED) is 0.479. The van der Waals surface area contributed by atoms with Gasteiger partial charge in [-0.1, -0.05) is 48.3 Å². The maximum Gasteiger partial charge on any atom is 0.257 e. The fraction of sp³-hybridized carbons (Fsp3) is 0.130. The fourth-order valence-corrected chi connectivity index (χ4v) is 4.21. The fourth-order valence-electron chi connectivity index (χ4n) is 3.03. The van der Waals surface area contributed by atoms with E-state index in [1.165, 1.54) is 30.3 Å². The van der Waals surface area contributed by atoms with Gasteiger partial charge in [0.2, 0.25) is 0 Å². The molecular formula is C23H20Cl2N2O4S. The summed E-state index contributed by atoms with van der Waals surface area (Å²) in [4.78, 5) is 25.5. The highest BCUT2D eigenvalue weighted by atomic mass is 35.5. The van der Waals surface area contributed by atoms with Gasteiger partial charge < -0.3 is 10.6 Å². The van der Waals surface area contributed by atoms with Gasteiger partial charge in [0.15, 0.2) is 9.84 Å². The van der Waals surface area contributed by atoms with E-state index in [1.807, 2.05) is 25.1 Å². The Morgan fingerprint density at radius 3 is 2.19 bits per heavy atom. The average molecular weight is 491 g/mol. The molecule has 0 aliphatic rings. The highest BCUT2D eigenvalue weighted by Gasteiger charge is 2.17. The Balaban J connectivity index is 1.83. The van der Waals surface area contributed by atoms with Crippen LogP contribution in [0.3, 0.4) is 0 Å². The zero-order chi connectivity index (χ0) is 23.5. The zero-order valence-corrected chi connectivity index (χ0v) is 19.6. The average Bonchev–Trinajstić information content (AvgIpc) is 2.74. The van der Waals surface area contributed by atoms with E-state index in [2.05, 4.69) is 10.6 Å². The van der Waals surface area contributed by atoms with Gasteiger partial charge in [0.25, 0.3) is 11.8 Å². The van der Waals surface area contributed by atoms with Crippen LogP contribution in [-0.2, 0) is 16.3 Å². The van der Waals surface area contributed by atoms with Crippen LogP contribution >= 0.6 is 23.2 Å². The van der Waals surface area contributed by atoms with Crippen LogP contribution in [-0.4, -0.2) is 26.5 Å². The van der Waals surface area contributed by atoms with Crippen LogP contribution in [0, 0.1) is 0 Å². The van der Waals surface area contributed by atoms with Gasteiger partial charge in [-0.2, -0.15) is 0 Å². The molecule has 0 fully saturated rings. The van der Waals surface area contributed by atoms with E-state index >= 15 is 0 Å². The smallest absolute Gasteiger partial charge is 0.257 e. The lowest BCUT2D eigenvalue weighted by Gasteiger charge is -2.12. The summed E-state index contributed by atoms with van der Waals surface area (Å²) < 4.78 is 23.3. The summed E-state index contributed by atoms with van der Waals surface area (Å²) in [5.74, 6) is -0.970. The lowest BCUT2D eigenvalue weighted by molar-refractivity contribution is 0.101. The minimum Gasteiger partial charge on any atom is -0.322 e. The number of aryl methyl sites for hydroxylation is 1. The number of anilines is 2. The first-order chi connectivity index (χ1) is 15.1. The van der Waals surface area contributed by atoms with Crippen LogP contribution in [0.25, 0.3) is 0 Å². The summed E-state index contributed by atoms with van der Waals surface area (Å²) in [6, 6.07) is 15.8. The number of carbonyl (C=O) groups excluding carboxylic acids is 2. The number of hydrogen-bond acceptors (Lipinski definition) is 4. The van der Waals surface area contributed by atoms with Gasteiger partial charge in [0, 0.05) is 17.6 Å². The summed E-state index contributed by atoms with van der Waals surface area (Å²) >= 11 is 12.3. The number of para-hydroxylation sites is 1. The maximum atomic E-state index is 12.8. The van der Waals surface area contributed by atoms with Gasteiger partial charge in [-0.15, -0.1) is 0 Å². The Labute approximate surface area is 196 Å². The molecule has 3 rings (SSSR count). The molecule has 0 saturated heterocycles. The third kappa shape index (κ3) is 5.48. The molecule has 6 nitrogen and oxygen atoms in total. The molecule has 0 unspecified atom stereocenters. The van der Waals surface area contributed by atoms with Crippen molar-refractivity contribution in [3.05, 3.63) is 87.4 Å². The van der Waals surface area contributed by atoms with Gasteiger partial charge in [0.05, 0.1) is 26.1 Å². The van der Waals surface area contributed by atoms with Crippen LogP contribution < -0.4 is 10.6 Å². The first kappa shape index (κ1) is 23.8. The molecule has 0 radical (unpaired) electrons. The first-order valence-electron chi connectivity index (χ1n) is 9.60. The van der Waals surface area contributed by atoms with E-state index in [4.69, 9.17) is 23.2 Å². The predicted octanol–water partition coefficient (Wildman–Crippen LogP) is 5.46. The lowest BCUT2D eigenvalue weighted by Crippen LogP contribution is -2.16. The Hall–Kier alpha value is -2.87. The maximum absolute atomic E-state index is 12.8. The molecule has 32 heavy (non-hydrogen) atoms. The van der Waals surface area contributed by atoms with Crippen molar-refractivity contribution in [2.45, 2.75) is 18.2 Å². The van der Waals surface area contributed by atoms with Gasteiger partial charge in [0.1, 0.15) is 0 Å². The van der Waals surface area contributed by atoms with Crippen LogP contribution in [0.2, 0.25) is 10.0 Å². The number of amides is 2. The minimum atomic E-state index is -3.45. The third-order valence-electron chi connectivity index (χ3n) is 4.73. The molecule has 2 N–H and O–H groups in total. The summed E-state index contributed by atoms with van der Waals surface area (Å²) in [5, 5.41) is 5.72. The van der Waals surface area contributed by atoms with Crippen LogP contribution in [0.4, 0.5) is 11.4 Å². The SMILES string of the molecule is CCc1ccccc1NC(=O)c1cc(NC(=O)c2ccc(S(C)(=O)=O)cc2Cl)ccc1Cl. The summed E-state index contributed by atoms with van der Waals surface area (Å²) in [6.07, 6.45) is 1.80. The number of carbonyl (C=O) groups is 2. The summed E-state index contributed by atoms with van der Waals surface area (Å²) in [7, 11) is -3.45. The van der Waals surface area contributed by atoms with Crippen molar-refractivity contribution in [3.8, 4) is 0 Å². The molecule has 2 amide bonds. The second-order valence-electron chi connectivity index (χ2n) is 7.03. The molecular weight excluding hydrogens is 471 g/mol. The second-order valence-corrected chi connectivity index (χ2v) is 9.86. The van der Waals surface area contributed by atoms with E-state index in [-0.39, 0.29) is 26.1 Å². The minimum absolute atomic E-state index is 0.00599. The second kappa shape index (κ2) is 9.73. The normalized spacial score (nSPS) is 11.1. The van der Waals surface area contributed by atoms with E-state index < -0.39 is 21.7 Å². The van der Waals surface area contributed by atoms with E-state index in [9.17, 15) is 18.0 Å². The number of sulfone groups is 1. The molecule has 0 aliphatic heterocycles. The molecule has 0 aliphatic carbocycles. The van der Waals surface area contributed by atoms with Crippen LogP contribution in [0.15, 0.2) is 65.6 Å². The van der Waals surface area contributed by atoms with E-state index in [1.54, 1.807) is 12.1 Å². The molecule has 0 aromatic heterocycles. The zero-order valence-electron chi connectivity index (χ0n) is 17.3. The molecule has 0 saturated carbocycles. The van der Waals surface area contributed by atoms with Crippen molar-refractivity contribution in [3.63, 3.8) is 0 Å². The van der Waals surface area contributed by atoms with Crippen molar-refractivity contribution in [1.29, 1.82) is 0 Å². The topological polar surface area (TPSA) is 92.3 Å². The predicted molar refractivity (Wildman–Crippen MR) is 128 cm³/mol. The van der Waals surface area contributed by atoms with E-state index in [0.29, 0.717) is 11.4 Å². The van der Waals surface area contributed by atoms with Crippen molar-refractivity contribution < 1.29 is 18.0 Å². The highest BCUT2D eigenvalue weighted by Crippen LogP contribution is 2.25. The van der Waals surface area contributed by atoms with Gasteiger partial charge in [-0.05, 0) is 54.4 Å². The van der Waals surface area contributed by atoms with Crippen LogP contribution in [0.5, 0.6) is 0 Å². The molecule has 166 valence electrons. The van der Waals surface area contributed by atoms with Gasteiger partial charge in [-0.3, -0.25) is 9.59 Å². The van der Waals surface area contributed by atoms with E-state index in [0.717, 1.165) is 18.2 Å². The largest absolute Gasteiger partial charge is 0.322 e. The number of rotatable bonds is 6. The molecule has 3 aromatic carbocycles. The molecule has 0 atom stereocenters. The van der Waals surface area contributed by atoms with Gasteiger partial charge in [-0.25, -0.2) is 8.42 Å². The monoisotopic (exact) mass is 490 g/mol.